The second kappa shape index (κ2) is 6.85. The molecule has 0 radical (unpaired) electrons. The molecule has 19 heavy (non-hydrogen) atoms. The predicted octanol–water partition coefficient (Wildman–Crippen LogP) is 2.38. The molecule has 1 aromatic carbocycles. The van der Waals surface area contributed by atoms with Crippen LogP contribution in [-0.4, -0.2) is 23.9 Å². The molecule has 1 heterocycles. The number of nitrogens with zero attached hydrogens (tertiary/aromatic N) is 2. The Kier molecular flexibility index (Phi) is 4.86. The smallest absolute Gasteiger partial charge is 0.122 e. The van der Waals surface area contributed by atoms with Crippen LogP contribution in [0, 0.1) is 0 Å². The van der Waals surface area contributed by atoms with Gasteiger partial charge < -0.3 is 10.1 Å². The van der Waals surface area contributed by atoms with Gasteiger partial charge >= 0.3 is 0 Å². The van der Waals surface area contributed by atoms with E-state index >= 15 is 0 Å². The Labute approximate surface area is 113 Å². The van der Waals surface area contributed by atoms with E-state index in [4.69, 9.17) is 4.74 Å². The third kappa shape index (κ3) is 3.51. The first-order valence-corrected chi connectivity index (χ1v) is 6.47. The second-order valence-electron chi connectivity index (χ2n) is 4.30. The lowest BCUT2D eigenvalue weighted by atomic mass is 10.00. The Bertz CT molecular complexity index is 502. The minimum absolute atomic E-state index is 0.219. The average molecular weight is 257 g/mol. The number of ether oxygens (including phenoxy) is 1. The van der Waals surface area contributed by atoms with Gasteiger partial charge in [0.1, 0.15) is 5.75 Å². The van der Waals surface area contributed by atoms with E-state index in [1.807, 2.05) is 30.5 Å². The van der Waals surface area contributed by atoms with Crippen molar-refractivity contribution in [1.29, 1.82) is 0 Å². The van der Waals surface area contributed by atoms with E-state index in [2.05, 4.69) is 28.5 Å². The normalized spacial score (nSPS) is 12.1. The molecule has 0 saturated heterocycles. The molecule has 2 aromatic rings. The lowest BCUT2D eigenvalue weighted by Crippen LogP contribution is -2.23. The topological polar surface area (TPSA) is 47.0 Å². The summed E-state index contributed by atoms with van der Waals surface area (Å²) in [5.74, 6) is 0.924. The number of hydrogen-bond acceptors (Lipinski definition) is 4. The third-order valence-corrected chi connectivity index (χ3v) is 3.08. The van der Waals surface area contributed by atoms with E-state index < -0.39 is 0 Å². The molecule has 4 nitrogen and oxygen atoms in total. The minimum atomic E-state index is 0.219. The number of nitrogens with one attached hydrogen (secondary N) is 1. The van der Waals surface area contributed by atoms with E-state index in [1.165, 1.54) is 5.56 Å². The van der Waals surface area contributed by atoms with Gasteiger partial charge in [0.05, 0.1) is 13.3 Å². The molecule has 1 atom stereocenters. The summed E-state index contributed by atoms with van der Waals surface area (Å²) in [6, 6.07) is 10.3. The molecule has 2 rings (SSSR count). The fraction of sp³-hybridized carbons (Fsp3) is 0.333. The first-order valence-electron chi connectivity index (χ1n) is 6.47. The van der Waals surface area contributed by atoms with Gasteiger partial charge in [0.25, 0.3) is 0 Å². The van der Waals surface area contributed by atoms with Crippen LogP contribution in [0.15, 0.2) is 42.7 Å². The zero-order valence-corrected chi connectivity index (χ0v) is 11.3. The molecule has 0 fully saturated rings. The van der Waals surface area contributed by atoms with Crippen molar-refractivity contribution in [3.8, 4) is 5.75 Å². The molecule has 1 aromatic heterocycles. The van der Waals surface area contributed by atoms with E-state index in [0.717, 1.165) is 24.3 Å². The minimum Gasteiger partial charge on any atom is -0.496 e. The summed E-state index contributed by atoms with van der Waals surface area (Å²) in [4.78, 5) is 0. The van der Waals surface area contributed by atoms with Gasteiger partial charge in [0.15, 0.2) is 0 Å². The summed E-state index contributed by atoms with van der Waals surface area (Å²) in [7, 11) is 1.70. The molecule has 0 amide bonds. The van der Waals surface area contributed by atoms with Crippen LogP contribution in [0.25, 0.3) is 0 Å². The van der Waals surface area contributed by atoms with E-state index in [9.17, 15) is 0 Å². The summed E-state index contributed by atoms with van der Waals surface area (Å²) in [6.07, 6.45) is 4.40. The maximum Gasteiger partial charge on any atom is 0.122 e. The van der Waals surface area contributed by atoms with Gasteiger partial charge in [-0.25, -0.2) is 0 Å². The Morgan fingerprint density at radius 2 is 2.05 bits per heavy atom. The van der Waals surface area contributed by atoms with Crippen LogP contribution in [-0.2, 0) is 6.42 Å². The molecule has 0 bridgehead atoms. The van der Waals surface area contributed by atoms with Crippen molar-refractivity contribution in [1.82, 2.24) is 15.5 Å². The first kappa shape index (κ1) is 13.5. The number of para-hydroxylation sites is 1. The van der Waals surface area contributed by atoms with Crippen LogP contribution < -0.4 is 10.1 Å². The highest BCUT2D eigenvalue weighted by Gasteiger charge is 2.13. The Balaban J connectivity index is 2.21. The molecule has 4 heteroatoms. The summed E-state index contributed by atoms with van der Waals surface area (Å²) < 4.78 is 5.40. The van der Waals surface area contributed by atoms with Crippen molar-refractivity contribution in [2.75, 3.05) is 13.7 Å². The van der Waals surface area contributed by atoms with Gasteiger partial charge in [0, 0.05) is 12.2 Å². The fourth-order valence-electron chi connectivity index (χ4n) is 2.15. The number of benzene rings is 1. The van der Waals surface area contributed by atoms with Crippen LogP contribution in [0.5, 0.6) is 5.75 Å². The van der Waals surface area contributed by atoms with Crippen LogP contribution in [0.2, 0.25) is 0 Å². The summed E-state index contributed by atoms with van der Waals surface area (Å²) >= 11 is 0. The number of rotatable bonds is 6. The summed E-state index contributed by atoms with van der Waals surface area (Å²) in [5, 5.41) is 11.3. The van der Waals surface area contributed by atoms with Gasteiger partial charge in [-0.1, -0.05) is 25.1 Å². The highest BCUT2D eigenvalue weighted by Crippen LogP contribution is 2.24. The molecule has 1 unspecified atom stereocenters. The predicted molar refractivity (Wildman–Crippen MR) is 75.1 cm³/mol. The largest absolute Gasteiger partial charge is 0.496 e. The Morgan fingerprint density at radius 3 is 2.74 bits per heavy atom. The monoisotopic (exact) mass is 257 g/mol. The Morgan fingerprint density at radius 1 is 1.21 bits per heavy atom. The number of methoxy groups -OCH3 is 1. The summed E-state index contributed by atoms with van der Waals surface area (Å²) in [5.41, 5.74) is 2.33. The third-order valence-electron chi connectivity index (χ3n) is 3.08. The van der Waals surface area contributed by atoms with Gasteiger partial charge in [-0.3, -0.25) is 0 Å². The van der Waals surface area contributed by atoms with E-state index in [1.54, 1.807) is 13.3 Å². The standard InChI is InChI=1S/C15H19N3O/c1-3-16-14(13-8-9-17-18-11-13)10-12-6-4-5-7-15(12)19-2/h4-9,11,14,16H,3,10H2,1-2H3. The first-order chi connectivity index (χ1) is 9.35. The van der Waals surface area contributed by atoms with Crippen molar-refractivity contribution in [2.45, 2.75) is 19.4 Å². The van der Waals surface area contributed by atoms with Crippen molar-refractivity contribution < 1.29 is 4.74 Å². The molecular weight excluding hydrogens is 238 g/mol. The van der Waals surface area contributed by atoms with Gasteiger partial charge in [-0.05, 0) is 36.2 Å². The van der Waals surface area contributed by atoms with Gasteiger partial charge in [-0.15, -0.1) is 0 Å². The van der Waals surface area contributed by atoms with Crippen molar-refractivity contribution in [3.05, 3.63) is 53.9 Å². The zero-order chi connectivity index (χ0) is 13.5. The maximum atomic E-state index is 5.40. The Hall–Kier alpha value is -1.94. The molecule has 0 aliphatic rings. The lowest BCUT2D eigenvalue weighted by Gasteiger charge is -2.19. The molecule has 1 N–H and O–H groups in total. The number of aromatic nitrogens is 2. The number of hydrogen-bond donors (Lipinski definition) is 1. The van der Waals surface area contributed by atoms with Crippen LogP contribution in [0.3, 0.4) is 0 Å². The molecule has 0 saturated carbocycles. The van der Waals surface area contributed by atoms with E-state index in [0.29, 0.717) is 0 Å². The maximum absolute atomic E-state index is 5.40. The van der Waals surface area contributed by atoms with Crippen molar-refractivity contribution in [3.63, 3.8) is 0 Å². The van der Waals surface area contributed by atoms with Crippen LogP contribution >= 0.6 is 0 Å². The second-order valence-corrected chi connectivity index (χ2v) is 4.30. The summed E-state index contributed by atoms with van der Waals surface area (Å²) in [6.45, 7) is 3.01. The molecule has 0 spiro atoms. The van der Waals surface area contributed by atoms with E-state index in [-0.39, 0.29) is 6.04 Å². The van der Waals surface area contributed by atoms with Crippen molar-refractivity contribution >= 4 is 0 Å². The highest BCUT2D eigenvalue weighted by molar-refractivity contribution is 5.34. The molecule has 0 aliphatic carbocycles. The van der Waals surface area contributed by atoms with Crippen LogP contribution in [0.1, 0.15) is 24.1 Å². The molecule has 0 aliphatic heterocycles. The highest BCUT2D eigenvalue weighted by atomic mass is 16.5. The zero-order valence-electron chi connectivity index (χ0n) is 11.3. The fourth-order valence-corrected chi connectivity index (χ4v) is 2.15. The average Bonchev–Trinajstić information content (AvgIpc) is 2.48. The lowest BCUT2D eigenvalue weighted by molar-refractivity contribution is 0.405. The molecule has 100 valence electrons. The molecular formula is C15H19N3O. The van der Waals surface area contributed by atoms with Crippen LogP contribution in [0.4, 0.5) is 0 Å². The quantitative estimate of drug-likeness (QED) is 0.863. The van der Waals surface area contributed by atoms with Gasteiger partial charge in [0.2, 0.25) is 0 Å². The number of likely N-dealkylation sites (N-methyl/N-ethyl adjacent to an activating group) is 1. The van der Waals surface area contributed by atoms with Gasteiger partial charge in [-0.2, -0.15) is 10.2 Å². The SMILES string of the molecule is CCNC(Cc1ccccc1OC)c1ccnnc1. The van der Waals surface area contributed by atoms with Crippen molar-refractivity contribution in [2.24, 2.45) is 0 Å².